The van der Waals surface area contributed by atoms with E-state index in [0.717, 1.165) is 64.9 Å². The summed E-state index contributed by atoms with van der Waals surface area (Å²) in [4.78, 5) is 9.86. The molecule has 170 valence electrons. The number of guanidine groups is 1. The average molecular weight is 418 g/mol. The van der Waals surface area contributed by atoms with Gasteiger partial charge in [0.2, 0.25) is 0 Å². The van der Waals surface area contributed by atoms with Crippen molar-refractivity contribution in [2.45, 2.75) is 66.2 Å². The number of nitrogens with one attached hydrogen (secondary N) is 2. The molecule has 6 nitrogen and oxygen atoms in total. The zero-order valence-electron chi connectivity index (χ0n) is 19.8. The number of benzene rings is 1. The van der Waals surface area contributed by atoms with Crippen molar-refractivity contribution in [2.75, 3.05) is 45.9 Å². The summed E-state index contributed by atoms with van der Waals surface area (Å²) < 4.78 is 5.48. The molecule has 1 aromatic carbocycles. The van der Waals surface area contributed by atoms with Crippen LogP contribution in [0.1, 0.15) is 52.2 Å². The molecule has 1 fully saturated rings. The second kappa shape index (κ2) is 13.6. The van der Waals surface area contributed by atoms with Gasteiger partial charge in [-0.05, 0) is 52.2 Å². The van der Waals surface area contributed by atoms with Gasteiger partial charge < -0.3 is 15.4 Å². The van der Waals surface area contributed by atoms with Gasteiger partial charge in [-0.3, -0.25) is 9.80 Å². The van der Waals surface area contributed by atoms with Crippen molar-refractivity contribution in [3.8, 4) is 0 Å². The van der Waals surface area contributed by atoms with Crippen molar-refractivity contribution in [1.29, 1.82) is 0 Å². The highest BCUT2D eigenvalue weighted by Crippen LogP contribution is 2.14. The number of nitrogens with zero attached hydrogens (tertiary/aromatic N) is 3. The molecule has 1 aromatic rings. The van der Waals surface area contributed by atoms with Gasteiger partial charge in [0, 0.05) is 51.4 Å². The number of hydrogen-bond acceptors (Lipinski definition) is 4. The van der Waals surface area contributed by atoms with E-state index in [-0.39, 0.29) is 0 Å². The predicted molar refractivity (Wildman–Crippen MR) is 127 cm³/mol. The Kier molecular flexibility index (Phi) is 11.2. The van der Waals surface area contributed by atoms with Crippen molar-refractivity contribution < 1.29 is 4.74 Å². The summed E-state index contributed by atoms with van der Waals surface area (Å²) in [5.74, 6) is 0.902. The van der Waals surface area contributed by atoms with Crippen LogP contribution in [-0.4, -0.2) is 73.8 Å². The minimum atomic E-state index is 0.579. The Balaban J connectivity index is 1.89. The Morgan fingerprint density at radius 2 is 1.73 bits per heavy atom. The van der Waals surface area contributed by atoms with E-state index in [9.17, 15) is 0 Å². The molecule has 0 bridgehead atoms. The molecule has 0 saturated carbocycles. The highest BCUT2D eigenvalue weighted by atomic mass is 16.5. The number of rotatable bonds is 11. The van der Waals surface area contributed by atoms with Crippen LogP contribution in [0.4, 0.5) is 0 Å². The van der Waals surface area contributed by atoms with Gasteiger partial charge in [0.1, 0.15) is 0 Å². The van der Waals surface area contributed by atoms with Crippen LogP contribution in [0.3, 0.4) is 0 Å². The molecular formula is C24H43N5O. The van der Waals surface area contributed by atoms with Gasteiger partial charge in [0.05, 0.1) is 19.8 Å². The van der Waals surface area contributed by atoms with Crippen LogP contribution in [0, 0.1) is 0 Å². The fraction of sp³-hybridized carbons (Fsp3) is 0.708. The van der Waals surface area contributed by atoms with Crippen molar-refractivity contribution in [2.24, 2.45) is 4.99 Å². The third kappa shape index (κ3) is 8.62. The summed E-state index contributed by atoms with van der Waals surface area (Å²) in [6.45, 7) is 19.4. The minimum absolute atomic E-state index is 0.579. The quantitative estimate of drug-likeness (QED) is 0.329. The second-order valence-electron chi connectivity index (χ2n) is 8.56. The van der Waals surface area contributed by atoms with Crippen molar-refractivity contribution >= 4 is 5.96 Å². The van der Waals surface area contributed by atoms with Gasteiger partial charge in [-0.2, -0.15) is 0 Å². The molecule has 2 rings (SSSR count). The number of hydrogen-bond donors (Lipinski definition) is 2. The first-order valence-electron chi connectivity index (χ1n) is 11.7. The maximum Gasteiger partial charge on any atom is 0.191 e. The first-order chi connectivity index (χ1) is 14.5. The van der Waals surface area contributed by atoms with Crippen LogP contribution in [0.15, 0.2) is 29.3 Å². The number of ether oxygens (including phenoxy) is 1. The SMILES string of the molecule is CCNC(=NCc1ccccc1CN1CCOCC1)NCCCN(C(C)C)C(C)C. The topological polar surface area (TPSA) is 52.1 Å². The van der Waals surface area contributed by atoms with E-state index in [1.165, 1.54) is 11.1 Å². The van der Waals surface area contributed by atoms with Gasteiger partial charge in [0.25, 0.3) is 0 Å². The van der Waals surface area contributed by atoms with E-state index in [0.29, 0.717) is 18.6 Å². The van der Waals surface area contributed by atoms with Crippen LogP contribution in [0.25, 0.3) is 0 Å². The summed E-state index contributed by atoms with van der Waals surface area (Å²) >= 11 is 0. The lowest BCUT2D eigenvalue weighted by Crippen LogP contribution is -2.41. The average Bonchev–Trinajstić information content (AvgIpc) is 2.73. The lowest BCUT2D eigenvalue weighted by atomic mass is 10.1. The monoisotopic (exact) mass is 417 g/mol. The van der Waals surface area contributed by atoms with Gasteiger partial charge in [0.15, 0.2) is 5.96 Å². The first-order valence-corrected chi connectivity index (χ1v) is 11.7. The largest absolute Gasteiger partial charge is 0.379 e. The van der Waals surface area contributed by atoms with Crippen LogP contribution >= 0.6 is 0 Å². The molecule has 0 unspecified atom stereocenters. The molecule has 1 saturated heterocycles. The highest BCUT2D eigenvalue weighted by Gasteiger charge is 2.13. The summed E-state index contributed by atoms with van der Waals surface area (Å²) in [5.41, 5.74) is 2.66. The van der Waals surface area contributed by atoms with Crippen molar-refractivity contribution in [1.82, 2.24) is 20.4 Å². The number of aliphatic imine (C=N–C) groups is 1. The summed E-state index contributed by atoms with van der Waals surface area (Å²) in [7, 11) is 0. The Hall–Kier alpha value is -1.63. The smallest absolute Gasteiger partial charge is 0.191 e. The molecule has 30 heavy (non-hydrogen) atoms. The van der Waals surface area contributed by atoms with E-state index in [2.05, 4.69) is 79.3 Å². The van der Waals surface area contributed by atoms with E-state index in [1.54, 1.807) is 0 Å². The maximum atomic E-state index is 5.48. The molecule has 1 aliphatic rings. The lowest BCUT2D eigenvalue weighted by molar-refractivity contribution is 0.0341. The fourth-order valence-electron chi connectivity index (χ4n) is 3.95. The molecule has 0 aromatic heterocycles. The number of morpholine rings is 1. The standard InChI is InChI=1S/C24H43N5O/c1-6-25-24(26-12-9-13-29(20(2)3)21(4)5)27-18-22-10-7-8-11-23(22)19-28-14-16-30-17-15-28/h7-8,10-11,20-21H,6,9,12-19H2,1-5H3,(H2,25,26,27). The second-order valence-corrected chi connectivity index (χ2v) is 8.56. The zero-order valence-corrected chi connectivity index (χ0v) is 19.8. The normalized spacial score (nSPS) is 15.9. The van der Waals surface area contributed by atoms with Gasteiger partial charge in [-0.1, -0.05) is 24.3 Å². The molecule has 6 heteroatoms. The molecule has 0 radical (unpaired) electrons. The predicted octanol–water partition coefficient (Wildman–Crippen LogP) is 3.08. The van der Waals surface area contributed by atoms with Crippen molar-refractivity contribution in [3.05, 3.63) is 35.4 Å². The molecule has 0 atom stereocenters. The third-order valence-corrected chi connectivity index (χ3v) is 5.58. The van der Waals surface area contributed by atoms with Crippen LogP contribution < -0.4 is 10.6 Å². The van der Waals surface area contributed by atoms with Gasteiger partial charge in [-0.15, -0.1) is 0 Å². The van der Waals surface area contributed by atoms with Gasteiger partial charge >= 0.3 is 0 Å². The highest BCUT2D eigenvalue weighted by molar-refractivity contribution is 5.79. The summed E-state index contributed by atoms with van der Waals surface area (Å²) in [5, 5.41) is 6.90. The van der Waals surface area contributed by atoms with Crippen LogP contribution in [-0.2, 0) is 17.8 Å². The zero-order chi connectivity index (χ0) is 21.8. The minimum Gasteiger partial charge on any atom is -0.379 e. The fourth-order valence-corrected chi connectivity index (χ4v) is 3.95. The van der Waals surface area contributed by atoms with E-state index in [1.807, 2.05) is 0 Å². The Bertz CT molecular complexity index is 618. The van der Waals surface area contributed by atoms with Crippen LogP contribution in [0.5, 0.6) is 0 Å². The molecule has 0 aliphatic carbocycles. The molecule has 2 N–H and O–H groups in total. The third-order valence-electron chi connectivity index (χ3n) is 5.58. The summed E-state index contributed by atoms with van der Waals surface area (Å²) in [6.07, 6.45) is 1.11. The Morgan fingerprint density at radius 3 is 2.37 bits per heavy atom. The first kappa shape index (κ1) is 24.6. The molecule has 1 heterocycles. The molecule has 0 spiro atoms. The Labute approximate surface area is 184 Å². The summed E-state index contributed by atoms with van der Waals surface area (Å²) in [6, 6.07) is 9.82. The maximum absolute atomic E-state index is 5.48. The molecular weight excluding hydrogens is 374 g/mol. The molecule has 1 aliphatic heterocycles. The van der Waals surface area contributed by atoms with Crippen LogP contribution in [0.2, 0.25) is 0 Å². The lowest BCUT2D eigenvalue weighted by Gasteiger charge is -2.30. The van der Waals surface area contributed by atoms with Gasteiger partial charge in [-0.25, -0.2) is 4.99 Å². The Morgan fingerprint density at radius 1 is 1.07 bits per heavy atom. The molecule has 0 amide bonds. The van der Waals surface area contributed by atoms with E-state index >= 15 is 0 Å². The van der Waals surface area contributed by atoms with Crippen molar-refractivity contribution in [3.63, 3.8) is 0 Å². The van der Waals surface area contributed by atoms with E-state index in [4.69, 9.17) is 9.73 Å². The van der Waals surface area contributed by atoms with E-state index < -0.39 is 0 Å².